The molecule has 43 valence electrons. The molecular formula is C6H13S. The van der Waals surface area contributed by atoms with Gasteiger partial charge in [-0.3, -0.25) is 0 Å². The Labute approximate surface area is 51.7 Å². The molecule has 0 amide bonds. The lowest BCUT2D eigenvalue weighted by atomic mass is 10.2. The lowest BCUT2D eigenvalue weighted by molar-refractivity contribution is 0.707. The predicted molar refractivity (Wildman–Crippen MR) is 36.6 cm³/mol. The third kappa shape index (κ3) is 6.35. The van der Waals surface area contributed by atoms with Crippen LogP contribution in [-0.2, 0) is 0 Å². The van der Waals surface area contributed by atoms with Gasteiger partial charge < -0.3 is 0 Å². The molecule has 0 fully saturated rings. The predicted octanol–water partition coefficient (Wildman–Crippen LogP) is 2.76. The highest BCUT2D eigenvalue weighted by Gasteiger charge is 1.81. The number of rotatable bonds is 4. The minimum Gasteiger partial charge on any atom is -0.0942 e. The van der Waals surface area contributed by atoms with Gasteiger partial charge in [-0.15, -0.1) is 0 Å². The van der Waals surface area contributed by atoms with Crippen LogP contribution < -0.4 is 0 Å². The van der Waals surface area contributed by atoms with Crippen LogP contribution in [0.5, 0.6) is 0 Å². The lowest BCUT2D eigenvalue weighted by Crippen LogP contribution is -1.74. The summed E-state index contributed by atoms with van der Waals surface area (Å²) in [6.45, 7) is 2.21. The quantitative estimate of drug-likeness (QED) is 0.497. The number of unbranched alkanes of at least 4 members (excludes halogenated alkanes) is 3. The summed E-state index contributed by atoms with van der Waals surface area (Å²) in [6, 6.07) is 0. The van der Waals surface area contributed by atoms with E-state index in [2.05, 4.69) is 6.92 Å². The Morgan fingerprint density at radius 3 is 2.29 bits per heavy atom. The zero-order valence-electron chi connectivity index (χ0n) is 4.94. The van der Waals surface area contributed by atoms with E-state index in [4.69, 9.17) is 12.6 Å². The molecule has 0 bridgehead atoms. The maximum atomic E-state index is 4.77. The maximum Gasteiger partial charge on any atom is 0.00369 e. The largest absolute Gasteiger partial charge is 0.0942 e. The Bertz CT molecular complexity index is 23.4. The molecule has 0 aromatic rings. The van der Waals surface area contributed by atoms with Gasteiger partial charge in [-0.05, 0) is 6.42 Å². The van der Waals surface area contributed by atoms with Gasteiger partial charge in [-0.1, -0.05) is 38.8 Å². The van der Waals surface area contributed by atoms with Crippen molar-refractivity contribution in [3.05, 3.63) is 0 Å². The molecule has 7 heavy (non-hydrogen) atoms. The minimum absolute atomic E-state index is 0.944. The van der Waals surface area contributed by atoms with Gasteiger partial charge in [-0.2, -0.15) is 0 Å². The lowest BCUT2D eigenvalue weighted by Gasteiger charge is -1.89. The summed E-state index contributed by atoms with van der Waals surface area (Å²) in [5.74, 6) is 0.944. The van der Waals surface area contributed by atoms with E-state index >= 15 is 0 Å². The van der Waals surface area contributed by atoms with Crippen molar-refractivity contribution in [2.75, 3.05) is 5.75 Å². The first-order chi connectivity index (χ1) is 3.41. The van der Waals surface area contributed by atoms with E-state index < -0.39 is 0 Å². The standard InChI is InChI=1S/C6H13S/c1-2-3-4-5-6-7/h2-6H2,1H3. The van der Waals surface area contributed by atoms with Crippen LogP contribution in [0, 0.1) is 0 Å². The summed E-state index contributed by atoms with van der Waals surface area (Å²) >= 11 is 4.77. The van der Waals surface area contributed by atoms with Crippen LogP contribution in [0.2, 0.25) is 0 Å². The Balaban J connectivity index is 2.45. The molecule has 0 rings (SSSR count). The average molecular weight is 117 g/mol. The van der Waals surface area contributed by atoms with Crippen molar-refractivity contribution in [3.8, 4) is 0 Å². The Morgan fingerprint density at radius 2 is 1.86 bits per heavy atom. The van der Waals surface area contributed by atoms with Crippen molar-refractivity contribution in [2.24, 2.45) is 0 Å². The van der Waals surface area contributed by atoms with Crippen LogP contribution in [-0.4, -0.2) is 5.75 Å². The zero-order valence-corrected chi connectivity index (χ0v) is 5.76. The molecule has 0 saturated carbocycles. The van der Waals surface area contributed by atoms with Crippen molar-refractivity contribution in [1.82, 2.24) is 0 Å². The van der Waals surface area contributed by atoms with Crippen LogP contribution in [0.25, 0.3) is 0 Å². The van der Waals surface area contributed by atoms with E-state index in [1.54, 1.807) is 0 Å². The fraction of sp³-hybridized carbons (Fsp3) is 1.00. The van der Waals surface area contributed by atoms with Gasteiger partial charge in [0.05, 0.1) is 0 Å². The molecular weight excluding hydrogens is 104 g/mol. The summed E-state index contributed by atoms with van der Waals surface area (Å²) in [6.07, 6.45) is 5.25. The summed E-state index contributed by atoms with van der Waals surface area (Å²) in [5, 5.41) is 0. The van der Waals surface area contributed by atoms with E-state index in [1.807, 2.05) is 0 Å². The van der Waals surface area contributed by atoms with Crippen molar-refractivity contribution in [2.45, 2.75) is 32.6 Å². The molecule has 0 N–H and O–H groups in total. The number of hydrogen-bond acceptors (Lipinski definition) is 0. The van der Waals surface area contributed by atoms with E-state index in [-0.39, 0.29) is 0 Å². The molecule has 0 heterocycles. The molecule has 0 aromatic heterocycles. The van der Waals surface area contributed by atoms with Crippen molar-refractivity contribution >= 4 is 12.6 Å². The third-order valence-electron chi connectivity index (χ3n) is 0.998. The van der Waals surface area contributed by atoms with Crippen molar-refractivity contribution < 1.29 is 0 Å². The highest BCUT2D eigenvalue weighted by atomic mass is 32.1. The Hall–Kier alpha value is 0.350. The molecule has 0 aromatic carbocycles. The van der Waals surface area contributed by atoms with Gasteiger partial charge >= 0.3 is 0 Å². The summed E-state index contributed by atoms with van der Waals surface area (Å²) in [4.78, 5) is 0. The first kappa shape index (κ1) is 7.35. The van der Waals surface area contributed by atoms with Crippen LogP contribution in [0.1, 0.15) is 32.6 Å². The molecule has 0 saturated heterocycles. The van der Waals surface area contributed by atoms with E-state index in [0.29, 0.717) is 0 Å². The normalized spacial score (nSPS) is 9.43. The van der Waals surface area contributed by atoms with E-state index in [1.165, 1.54) is 25.7 Å². The fourth-order valence-corrected chi connectivity index (χ4v) is 0.733. The first-order valence-electron chi connectivity index (χ1n) is 3.00. The Morgan fingerprint density at radius 1 is 1.14 bits per heavy atom. The molecule has 0 unspecified atom stereocenters. The summed E-state index contributed by atoms with van der Waals surface area (Å²) in [7, 11) is 0. The third-order valence-corrected chi connectivity index (χ3v) is 1.29. The van der Waals surface area contributed by atoms with Gasteiger partial charge in [0.1, 0.15) is 0 Å². The monoisotopic (exact) mass is 117 g/mol. The minimum atomic E-state index is 0.944. The SMILES string of the molecule is CCCCCC[S]. The van der Waals surface area contributed by atoms with Crippen LogP contribution in [0.15, 0.2) is 0 Å². The summed E-state index contributed by atoms with van der Waals surface area (Å²) < 4.78 is 0. The highest BCUT2D eigenvalue weighted by molar-refractivity contribution is 7.80. The molecule has 0 spiro atoms. The molecule has 1 radical (unpaired) electrons. The van der Waals surface area contributed by atoms with Gasteiger partial charge in [0, 0.05) is 5.75 Å². The fourth-order valence-electron chi connectivity index (χ4n) is 0.529. The van der Waals surface area contributed by atoms with Gasteiger partial charge in [0.25, 0.3) is 0 Å². The average Bonchev–Trinajstić information content (AvgIpc) is 1.69. The maximum absolute atomic E-state index is 4.77. The van der Waals surface area contributed by atoms with Gasteiger partial charge in [-0.25, -0.2) is 0 Å². The van der Waals surface area contributed by atoms with Crippen LogP contribution in [0.4, 0.5) is 0 Å². The summed E-state index contributed by atoms with van der Waals surface area (Å²) in [5.41, 5.74) is 0. The number of hydrogen-bond donors (Lipinski definition) is 0. The molecule has 0 atom stereocenters. The van der Waals surface area contributed by atoms with E-state index in [0.717, 1.165) is 5.75 Å². The van der Waals surface area contributed by atoms with Crippen molar-refractivity contribution in [1.29, 1.82) is 0 Å². The Kier molecular flexibility index (Phi) is 6.67. The van der Waals surface area contributed by atoms with E-state index in [9.17, 15) is 0 Å². The molecule has 0 aliphatic heterocycles. The van der Waals surface area contributed by atoms with Crippen molar-refractivity contribution in [3.63, 3.8) is 0 Å². The second-order valence-electron chi connectivity index (χ2n) is 1.76. The second kappa shape index (κ2) is 6.35. The van der Waals surface area contributed by atoms with Gasteiger partial charge in [0.2, 0.25) is 0 Å². The topological polar surface area (TPSA) is 0 Å². The smallest absolute Gasteiger partial charge is 0.00369 e. The van der Waals surface area contributed by atoms with Crippen LogP contribution >= 0.6 is 12.6 Å². The zero-order chi connectivity index (χ0) is 5.54. The molecule has 1 heteroatoms. The van der Waals surface area contributed by atoms with Crippen LogP contribution in [0.3, 0.4) is 0 Å². The second-order valence-corrected chi connectivity index (χ2v) is 2.17. The highest BCUT2D eigenvalue weighted by Crippen LogP contribution is 1.98. The van der Waals surface area contributed by atoms with Gasteiger partial charge in [0.15, 0.2) is 0 Å². The first-order valence-corrected chi connectivity index (χ1v) is 3.57. The molecule has 0 aliphatic rings. The molecule has 0 nitrogen and oxygen atoms in total. The molecule has 0 aliphatic carbocycles.